The van der Waals surface area contributed by atoms with Gasteiger partial charge in [0.1, 0.15) is 5.75 Å². The van der Waals surface area contributed by atoms with Gasteiger partial charge in [-0.1, -0.05) is 38.1 Å². The molecule has 0 aromatic heterocycles. The van der Waals surface area contributed by atoms with E-state index in [4.69, 9.17) is 5.11 Å². The van der Waals surface area contributed by atoms with Crippen LogP contribution in [-0.2, 0) is 15.6 Å². The summed E-state index contributed by atoms with van der Waals surface area (Å²) < 4.78 is 11.3. The predicted molar refractivity (Wildman–Crippen MR) is 70.4 cm³/mol. The van der Waals surface area contributed by atoms with Crippen molar-refractivity contribution >= 4 is 22.6 Å². The molecule has 0 saturated carbocycles. The van der Waals surface area contributed by atoms with Crippen LogP contribution in [0.25, 0.3) is 0 Å². The molecule has 0 aliphatic heterocycles. The maximum absolute atomic E-state index is 11.7. The Hall–Kier alpha value is -1.49. The molecule has 0 fully saturated rings. The Morgan fingerprint density at radius 2 is 1.72 bits per heavy atom. The normalized spacial score (nSPS) is 12.4. The van der Waals surface area contributed by atoms with Crippen molar-refractivity contribution in [3.05, 3.63) is 35.4 Å². The molecule has 0 bridgehead atoms. The van der Waals surface area contributed by atoms with Gasteiger partial charge >= 0.3 is 5.97 Å². The molecule has 18 heavy (non-hydrogen) atoms. The van der Waals surface area contributed by atoms with E-state index < -0.39 is 22.5 Å². The van der Waals surface area contributed by atoms with E-state index in [9.17, 15) is 13.8 Å². The minimum absolute atomic E-state index is 0.243. The first-order chi connectivity index (χ1) is 8.40. The summed E-state index contributed by atoms with van der Waals surface area (Å²) in [7, 11) is -1.64. The maximum atomic E-state index is 11.7. The van der Waals surface area contributed by atoms with E-state index in [0.717, 1.165) is 5.56 Å². The fourth-order valence-corrected chi connectivity index (χ4v) is 2.31. The van der Waals surface area contributed by atoms with E-state index in [2.05, 4.69) is 13.8 Å². The molecule has 0 aliphatic rings. The highest BCUT2D eigenvalue weighted by Crippen LogP contribution is 2.15. The molecule has 0 aliphatic carbocycles. The highest BCUT2D eigenvalue weighted by Gasteiger charge is 2.13. The van der Waals surface area contributed by atoms with Crippen molar-refractivity contribution in [2.45, 2.75) is 19.8 Å². The fraction of sp³-hybridized carbons (Fsp3) is 0.385. The zero-order chi connectivity index (χ0) is 13.7. The van der Waals surface area contributed by atoms with Crippen LogP contribution >= 0.6 is 0 Å². The molecule has 0 spiro atoms. The number of benzene rings is 1. The lowest BCUT2D eigenvalue weighted by atomic mass is 10.0. The van der Waals surface area contributed by atoms with Gasteiger partial charge in [0, 0.05) is 16.4 Å². The Balaban J connectivity index is 2.67. The van der Waals surface area contributed by atoms with Crippen LogP contribution in [-0.4, -0.2) is 32.6 Å². The molecule has 1 rings (SSSR count). The number of rotatable bonds is 6. The second-order valence-electron chi connectivity index (χ2n) is 4.32. The zero-order valence-electron chi connectivity index (χ0n) is 10.4. The Labute approximate surface area is 108 Å². The van der Waals surface area contributed by atoms with Crippen LogP contribution in [0.2, 0.25) is 0 Å². The fourth-order valence-electron chi connectivity index (χ4n) is 1.47. The zero-order valence-corrected chi connectivity index (χ0v) is 11.2. The van der Waals surface area contributed by atoms with Gasteiger partial charge in [-0.15, -0.1) is 0 Å². The Kier molecular flexibility index (Phi) is 5.22. The second-order valence-corrected chi connectivity index (χ2v) is 5.78. The Bertz CT molecular complexity index is 462. The van der Waals surface area contributed by atoms with Gasteiger partial charge in [-0.2, -0.15) is 0 Å². The summed E-state index contributed by atoms with van der Waals surface area (Å²) in [4.78, 5) is 22.1. The molecule has 0 saturated heterocycles. The third-order valence-electron chi connectivity index (χ3n) is 2.48. The summed E-state index contributed by atoms with van der Waals surface area (Å²) in [5.41, 5.74) is 1.59. The van der Waals surface area contributed by atoms with Crippen LogP contribution in [0.1, 0.15) is 35.7 Å². The average molecular weight is 268 g/mol. The highest BCUT2D eigenvalue weighted by molar-refractivity contribution is 7.86. The van der Waals surface area contributed by atoms with Crippen molar-refractivity contribution in [2.75, 3.05) is 11.5 Å². The molecular weight excluding hydrogens is 252 g/mol. The lowest BCUT2D eigenvalue weighted by Gasteiger charge is -2.06. The quantitative estimate of drug-likeness (QED) is 0.799. The van der Waals surface area contributed by atoms with Crippen molar-refractivity contribution in [1.82, 2.24) is 0 Å². The number of hydrogen-bond acceptors (Lipinski definition) is 3. The van der Waals surface area contributed by atoms with Crippen molar-refractivity contribution in [1.29, 1.82) is 0 Å². The smallest absolute Gasteiger partial charge is 0.316 e. The minimum atomic E-state index is -1.64. The first kappa shape index (κ1) is 14.6. The van der Waals surface area contributed by atoms with Gasteiger partial charge in [0.05, 0.1) is 5.75 Å². The van der Waals surface area contributed by atoms with Gasteiger partial charge in [0.15, 0.2) is 5.78 Å². The van der Waals surface area contributed by atoms with Crippen LogP contribution in [0, 0.1) is 0 Å². The molecule has 1 N–H and O–H groups in total. The SMILES string of the molecule is CC(C)c1ccc(C(=O)CS(=O)CC(=O)O)cc1. The number of carboxylic acids is 1. The largest absolute Gasteiger partial charge is 0.481 e. The molecule has 4 nitrogen and oxygen atoms in total. The first-order valence-corrected chi connectivity index (χ1v) is 7.09. The Morgan fingerprint density at radius 1 is 1.17 bits per heavy atom. The monoisotopic (exact) mass is 268 g/mol. The molecule has 0 heterocycles. The maximum Gasteiger partial charge on any atom is 0.316 e. The number of carbonyl (C=O) groups is 2. The van der Waals surface area contributed by atoms with Crippen molar-refractivity contribution < 1.29 is 18.9 Å². The number of aliphatic carboxylic acids is 1. The van der Waals surface area contributed by atoms with Crippen LogP contribution in [0.4, 0.5) is 0 Å². The molecular formula is C13H16O4S. The van der Waals surface area contributed by atoms with Crippen LogP contribution < -0.4 is 0 Å². The minimum Gasteiger partial charge on any atom is -0.481 e. The van der Waals surface area contributed by atoms with Gasteiger partial charge in [-0.05, 0) is 11.5 Å². The lowest BCUT2D eigenvalue weighted by molar-refractivity contribution is -0.133. The van der Waals surface area contributed by atoms with E-state index in [1.54, 1.807) is 12.1 Å². The summed E-state index contributed by atoms with van der Waals surface area (Å²) in [6.07, 6.45) is 0. The molecule has 5 heteroatoms. The van der Waals surface area contributed by atoms with Crippen molar-refractivity contribution in [3.8, 4) is 0 Å². The predicted octanol–water partition coefficient (Wildman–Crippen LogP) is 1.83. The van der Waals surface area contributed by atoms with Gasteiger partial charge in [0.2, 0.25) is 0 Å². The Morgan fingerprint density at radius 3 is 2.17 bits per heavy atom. The van der Waals surface area contributed by atoms with Gasteiger partial charge in [-0.3, -0.25) is 13.8 Å². The summed E-state index contributed by atoms with van der Waals surface area (Å²) >= 11 is 0. The number of hydrogen-bond donors (Lipinski definition) is 1. The van der Waals surface area contributed by atoms with E-state index in [-0.39, 0.29) is 11.5 Å². The summed E-state index contributed by atoms with van der Waals surface area (Å²) in [5.74, 6) is -1.79. The van der Waals surface area contributed by atoms with E-state index in [1.807, 2.05) is 12.1 Å². The van der Waals surface area contributed by atoms with Crippen LogP contribution in [0.3, 0.4) is 0 Å². The standard InChI is InChI=1S/C13H16O4S/c1-9(2)10-3-5-11(6-4-10)12(14)7-18(17)8-13(15)16/h3-6,9H,7-8H2,1-2H3,(H,15,16). The van der Waals surface area contributed by atoms with E-state index in [1.165, 1.54) is 0 Å². The summed E-state index contributed by atoms with van der Waals surface area (Å²) in [6.45, 7) is 4.11. The number of carboxylic acid groups (broad SMARTS) is 1. The van der Waals surface area contributed by atoms with E-state index in [0.29, 0.717) is 11.5 Å². The number of carbonyl (C=O) groups excluding carboxylic acids is 1. The van der Waals surface area contributed by atoms with Gasteiger partial charge in [-0.25, -0.2) is 0 Å². The third-order valence-corrected chi connectivity index (χ3v) is 3.63. The molecule has 98 valence electrons. The van der Waals surface area contributed by atoms with Gasteiger partial charge in [0.25, 0.3) is 0 Å². The average Bonchev–Trinajstić information content (AvgIpc) is 2.27. The number of Topliss-reactive ketones (excluding diaryl/α,β-unsaturated/α-hetero) is 1. The molecule has 1 unspecified atom stereocenters. The van der Waals surface area contributed by atoms with Crippen LogP contribution in [0.5, 0.6) is 0 Å². The topological polar surface area (TPSA) is 71.4 Å². The molecule has 0 radical (unpaired) electrons. The molecule has 0 amide bonds. The van der Waals surface area contributed by atoms with Gasteiger partial charge < -0.3 is 5.11 Å². The van der Waals surface area contributed by atoms with Crippen molar-refractivity contribution in [2.24, 2.45) is 0 Å². The molecule has 1 aromatic carbocycles. The van der Waals surface area contributed by atoms with Crippen molar-refractivity contribution in [3.63, 3.8) is 0 Å². The first-order valence-electron chi connectivity index (χ1n) is 5.60. The lowest BCUT2D eigenvalue weighted by Crippen LogP contribution is -2.17. The van der Waals surface area contributed by atoms with E-state index >= 15 is 0 Å². The molecule has 1 atom stereocenters. The second kappa shape index (κ2) is 6.44. The summed E-state index contributed by atoms with van der Waals surface area (Å²) in [5, 5.41) is 8.46. The highest BCUT2D eigenvalue weighted by atomic mass is 32.2. The molecule has 1 aromatic rings. The third kappa shape index (κ3) is 4.41. The van der Waals surface area contributed by atoms with Crippen LogP contribution in [0.15, 0.2) is 24.3 Å². The summed E-state index contributed by atoms with van der Waals surface area (Å²) in [6, 6.07) is 7.10. The number of ketones is 1.